The van der Waals surface area contributed by atoms with Crippen molar-refractivity contribution in [2.45, 2.75) is 32.2 Å². The van der Waals surface area contributed by atoms with Gasteiger partial charge in [0.2, 0.25) is 0 Å². The fourth-order valence-electron chi connectivity index (χ4n) is 2.12. The minimum absolute atomic E-state index is 0.118. The molecule has 1 heterocycles. The van der Waals surface area contributed by atoms with E-state index in [2.05, 4.69) is 20.8 Å². The molecule has 1 aromatic carbocycles. The summed E-state index contributed by atoms with van der Waals surface area (Å²) in [6.07, 6.45) is 3.10. The van der Waals surface area contributed by atoms with E-state index in [1.165, 1.54) is 11.0 Å². The molecule has 2 aromatic rings. The van der Waals surface area contributed by atoms with Gasteiger partial charge in [0, 0.05) is 12.1 Å². The second-order valence-electron chi connectivity index (χ2n) is 4.95. The molecule has 0 unspecified atom stereocenters. The van der Waals surface area contributed by atoms with Crippen LogP contribution in [-0.4, -0.2) is 38.2 Å². The van der Waals surface area contributed by atoms with Gasteiger partial charge in [0.1, 0.15) is 6.33 Å². The molecule has 21 heavy (non-hydrogen) atoms. The van der Waals surface area contributed by atoms with Crippen molar-refractivity contribution in [3.63, 3.8) is 0 Å². The van der Waals surface area contributed by atoms with Crippen molar-refractivity contribution in [1.29, 1.82) is 0 Å². The van der Waals surface area contributed by atoms with Crippen LogP contribution < -0.4 is 11.1 Å². The molecule has 0 saturated heterocycles. The van der Waals surface area contributed by atoms with Crippen LogP contribution in [0.25, 0.3) is 5.69 Å². The summed E-state index contributed by atoms with van der Waals surface area (Å²) in [5.74, 6) is -0.118. The molecule has 0 fully saturated rings. The van der Waals surface area contributed by atoms with E-state index in [1.54, 1.807) is 24.3 Å². The molecule has 7 nitrogen and oxygen atoms in total. The first-order chi connectivity index (χ1) is 10.1. The van der Waals surface area contributed by atoms with Gasteiger partial charge in [-0.1, -0.05) is 13.8 Å². The van der Waals surface area contributed by atoms with Crippen LogP contribution in [0.2, 0.25) is 0 Å². The Morgan fingerprint density at radius 3 is 2.43 bits per heavy atom. The second-order valence-corrected chi connectivity index (χ2v) is 4.95. The van der Waals surface area contributed by atoms with E-state index in [0.29, 0.717) is 12.1 Å². The molecule has 1 amide bonds. The van der Waals surface area contributed by atoms with Crippen LogP contribution in [0, 0.1) is 0 Å². The third kappa shape index (κ3) is 3.25. The van der Waals surface area contributed by atoms with Crippen molar-refractivity contribution in [2.75, 3.05) is 6.54 Å². The first kappa shape index (κ1) is 15.1. The second kappa shape index (κ2) is 6.45. The summed E-state index contributed by atoms with van der Waals surface area (Å²) < 4.78 is 1.53. The number of amides is 1. The molecule has 0 atom stereocenters. The van der Waals surface area contributed by atoms with Crippen molar-refractivity contribution < 1.29 is 4.79 Å². The molecule has 0 saturated carbocycles. The lowest BCUT2D eigenvalue weighted by Gasteiger charge is -2.31. The Balaban J connectivity index is 2.13. The minimum atomic E-state index is -0.342. The molecule has 0 aliphatic heterocycles. The summed E-state index contributed by atoms with van der Waals surface area (Å²) >= 11 is 0. The van der Waals surface area contributed by atoms with Gasteiger partial charge in [-0.15, -0.1) is 5.10 Å². The standard InChI is InChI=1S/C14H20N6O/c1-3-14(4-2,9-15)17-13(21)11-5-7-12(8-6-11)20-10-16-18-19-20/h5-8,10H,3-4,9,15H2,1-2H3,(H,17,21). The highest BCUT2D eigenvalue weighted by Crippen LogP contribution is 2.15. The number of nitrogens with two attached hydrogens (primary N) is 1. The van der Waals surface area contributed by atoms with Crippen LogP contribution >= 0.6 is 0 Å². The zero-order valence-electron chi connectivity index (χ0n) is 12.3. The molecule has 0 bridgehead atoms. The van der Waals surface area contributed by atoms with Crippen molar-refractivity contribution in [1.82, 2.24) is 25.5 Å². The minimum Gasteiger partial charge on any atom is -0.345 e. The molecule has 3 N–H and O–H groups in total. The number of hydrogen-bond donors (Lipinski definition) is 2. The van der Waals surface area contributed by atoms with E-state index in [-0.39, 0.29) is 11.4 Å². The highest BCUT2D eigenvalue weighted by atomic mass is 16.1. The topological polar surface area (TPSA) is 98.7 Å². The molecule has 112 valence electrons. The quantitative estimate of drug-likeness (QED) is 0.823. The first-order valence-electron chi connectivity index (χ1n) is 7.00. The van der Waals surface area contributed by atoms with Gasteiger partial charge in [-0.25, -0.2) is 4.68 Å². The predicted octanol–water partition coefficient (Wildman–Crippen LogP) is 0.910. The summed E-state index contributed by atoms with van der Waals surface area (Å²) in [7, 11) is 0. The number of nitrogens with one attached hydrogen (secondary N) is 1. The van der Waals surface area contributed by atoms with E-state index in [1.807, 2.05) is 13.8 Å². The van der Waals surface area contributed by atoms with Crippen LogP contribution in [0.5, 0.6) is 0 Å². The largest absolute Gasteiger partial charge is 0.345 e. The number of hydrogen-bond acceptors (Lipinski definition) is 5. The van der Waals surface area contributed by atoms with Gasteiger partial charge in [0.05, 0.1) is 11.2 Å². The van der Waals surface area contributed by atoms with Gasteiger partial charge in [-0.2, -0.15) is 0 Å². The van der Waals surface area contributed by atoms with Gasteiger partial charge >= 0.3 is 0 Å². The Morgan fingerprint density at radius 2 is 1.95 bits per heavy atom. The molecular weight excluding hydrogens is 268 g/mol. The van der Waals surface area contributed by atoms with Gasteiger partial charge in [-0.3, -0.25) is 4.79 Å². The number of rotatable bonds is 6. The molecule has 0 aliphatic rings. The summed E-state index contributed by atoms with van der Waals surface area (Å²) in [6.45, 7) is 4.48. The number of carbonyl (C=O) groups excluding carboxylic acids is 1. The zero-order valence-corrected chi connectivity index (χ0v) is 12.3. The predicted molar refractivity (Wildman–Crippen MR) is 79.0 cm³/mol. The molecular formula is C14H20N6O. The molecule has 2 rings (SSSR count). The fourth-order valence-corrected chi connectivity index (χ4v) is 2.12. The van der Waals surface area contributed by atoms with Crippen LogP contribution in [-0.2, 0) is 0 Å². The maximum atomic E-state index is 12.3. The van der Waals surface area contributed by atoms with Crippen LogP contribution in [0.15, 0.2) is 30.6 Å². The highest BCUT2D eigenvalue weighted by Gasteiger charge is 2.26. The molecule has 1 aromatic heterocycles. The summed E-state index contributed by atoms with van der Waals surface area (Å²) in [5, 5.41) is 14.0. The van der Waals surface area contributed by atoms with Crippen molar-refractivity contribution in [3.05, 3.63) is 36.2 Å². The van der Waals surface area contributed by atoms with E-state index >= 15 is 0 Å². The lowest BCUT2D eigenvalue weighted by molar-refractivity contribution is 0.0895. The van der Waals surface area contributed by atoms with Crippen LogP contribution in [0.3, 0.4) is 0 Å². The fraction of sp³-hybridized carbons (Fsp3) is 0.429. The smallest absolute Gasteiger partial charge is 0.251 e. The summed E-state index contributed by atoms with van der Waals surface area (Å²) in [6, 6.07) is 7.10. The van der Waals surface area contributed by atoms with Crippen LogP contribution in [0.1, 0.15) is 37.0 Å². The van der Waals surface area contributed by atoms with Gasteiger partial charge < -0.3 is 11.1 Å². The average molecular weight is 288 g/mol. The van der Waals surface area contributed by atoms with Gasteiger partial charge in [0.15, 0.2) is 0 Å². The average Bonchev–Trinajstić information content (AvgIpc) is 3.07. The summed E-state index contributed by atoms with van der Waals surface area (Å²) in [4.78, 5) is 12.3. The SMILES string of the molecule is CCC(CC)(CN)NC(=O)c1ccc(-n2cnnn2)cc1. The van der Waals surface area contributed by atoms with E-state index in [9.17, 15) is 4.79 Å². The Kier molecular flexibility index (Phi) is 4.64. The van der Waals surface area contributed by atoms with Crippen molar-refractivity contribution >= 4 is 5.91 Å². The monoisotopic (exact) mass is 288 g/mol. The Hall–Kier alpha value is -2.28. The number of carbonyl (C=O) groups is 1. The molecule has 0 spiro atoms. The maximum absolute atomic E-state index is 12.3. The maximum Gasteiger partial charge on any atom is 0.251 e. The van der Waals surface area contributed by atoms with Crippen LogP contribution in [0.4, 0.5) is 0 Å². The highest BCUT2D eigenvalue weighted by molar-refractivity contribution is 5.94. The lowest BCUT2D eigenvalue weighted by Crippen LogP contribution is -2.52. The van der Waals surface area contributed by atoms with Crippen molar-refractivity contribution in [2.24, 2.45) is 5.73 Å². The van der Waals surface area contributed by atoms with E-state index in [4.69, 9.17) is 5.73 Å². The third-order valence-corrected chi connectivity index (χ3v) is 3.87. The van der Waals surface area contributed by atoms with Gasteiger partial charge in [0.25, 0.3) is 5.91 Å². The zero-order chi connectivity index (χ0) is 15.3. The van der Waals surface area contributed by atoms with Gasteiger partial charge in [-0.05, 0) is 47.5 Å². The lowest BCUT2D eigenvalue weighted by atomic mass is 9.92. The van der Waals surface area contributed by atoms with E-state index in [0.717, 1.165) is 18.5 Å². The number of nitrogens with zero attached hydrogens (tertiary/aromatic N) is 4. The number of aromatic nitrogens is 4. The number of benzene rings is 1. The number of tetrazole rings is 1. The Labute approximate surface area is 123 Å². The first-order valence-corrected chi connectivity index (χ1v) is 7.00. The Morgan fingerprint density at radius 1 is 1.29 bits per heavy atom. The Bertz CT molecular complexity index is 566. The third-order valence-electron chi connectivity index (χ3n) is 3.87. The molecule has 0 radical (unpaired) electrons. The normalized spacial score (nSPS) is 11.4. The van der Waals surface area contributed by atoms with Crippen molar-refractivity contribution in [3.8, 4) is 5.69 Å². The molecule has 7 heteroatoms. The van der Waals surface area contributed by atoms with E-state index < -0.39 is 0 Å². The summed E-state index contributed by atoms with van der Waals surface area (Å²) in [5.41, 5.74) is 6.85. The molecule has 0 aliphatic carbocycles.